The molecule has 3 heteroatoms. The van der Waals surface area contributed by atoms with Crippen molar-refractivity contribution < 1.29 is 4.79 Å². The van der Waals surface area contributed by atoms with Crippen molar-refractivity contribution in [3.8, 4) is 0 Å². The van der Waals surface area contributed by atoms with Crippen molar-refractivity contribution in [1.82, 2.24) is 5.32 Å². The predicted molar refractivity (Wildman–Crippen MR) is 85.0 cm³/mol. The first-order chi connectivity index (χ1) is 9.92. The number of benzene rings is 1. The molecule has 1 fully saturated rings. The third kappa shape index (κ3) is 2.59. The summed E-state index contributed by atoms with van der Waals surface area (Å²) in [7, 11) is 0. The molecule has 0 aromatic heterocycles. The largest absolute Gasteiger partial charge is 0.348 e. The van der Waals surface area contributed by atoms with Gasteiger partial charge in [0.05, 0.1) is 11.6 Å². The molecular weight excluding hydrogens is 260 g/mol. The minimum Gasteiger partial charge on any atom is -0.348 e. The van der Waals surface area contributed by atoms with Crippen LogP contribution in [0.1, 0.15) is 69.5 Å². The van der Waals surface area contributed by atoms with E-state index in [4.69, 9.17) is 5.73 Å². The fraction of sp³-hybridized carbons (Fsp3) is 0.611. The molecule has 1 saturated carbocycles. The number of carbonyl (C=O) groups is 1. The molecule has 0 spiro atoms. The van der Waals surface area contributed by atoms with Crippen molar-refractivity contribution in [1.29, 1.82) is 0 Å². The summed E-state index contributed by atoms with van der Waals surface area (Å²) < 4.78 is 0. The summed E-state index contributed by atoms with van der Waals surface area (Å²) in [5, 5.41) is 3.23. The third-order valence-electron chi connectivity index (χ3n) is 5.38. The van der Waals surface area contributed by atoms with Gasteiger partial charge in [-0.25, -0.2) is 0 Å². The van der Waals surface area contributed by atoms with Gasteiger partial charge < -0.3 is 11.1 Å². The third-order valence-corrected chi connectivity index (χ3v) is 5.38. The zero-order chi connectivity index (χ0) is 15.1. The van der Waals surface area contributed by atoms with Gasteiger partial charge in [-0.15, -0.1) is 0 Å². The SMILES string of the molecule is CC1(C)CCC(NC(=O)C2(N)CCCC2)c2ccccc21. The van der Waals surface area contributed by atoms with Crippen molar-refractivity contribution >= 4 is 5.91 Å². The Morgan fingerprint density at radius 3 is 2.57 bits per heavy atom. The molecule has 1 aromatic rings. The molecule has 1 atom stereocenters. The van der Waals surface area contributed by atoms with Crippen molar-refractivity contribution in [2.24, 2.45) is 5.73 Å². The van der Waals surface area contributed by atoms with E-state index >= 15 is 0 Å². The molecule has 3 rings (SSSR count). The Kier molecular flexibility index (Phi) is 3.56. The van der Waals surface area contributed by atoms with Gasteiger partial charge in [0.2, 0.25) is 5.91 Å². The summed E-state index contributed by atoms with van der Waals surface area (Å²) in [4.78, 5) is 12.6. The molecule has 0 heterocycles. The summed E-state index contributed by atoms with van der Waals surface area (Å²) in [5.74, 6) is 0.0412. The van der Waals surface area contributed by atoms with Gasteiger partial charge >= 0.3 is 0 Å². The normalized spacial score (nSPS) is 26.1. The highest BCUT2D eigenvalue weighted by atomic mass is 16.2. The standard InChI is InChI=1S/C18H26N2O/c1-17(2)12-9-15(13-7-3-4-8-14(13)17)20-16(21)18(19)10-5-6-11-18/h3-4,7-8,15H,5-6,9-12,19H2,1-2H3,(H,20,21). The summed E-state index contributed by atoms with van der Waals surface area (Å²) in [6, 6.07) is 8.61. The predicted octanol–water partition coefficient (Wildman–Crippen LogP) is 3.19. The zero-order valence-corrected chi connectivity index (χ0v) is 13.1. The number of nitrogens with one attached hydrogen (secondary N) is 1. The topological polar surface area (TPSA) is 55.1 Å². The van der Waals surface area contributed by atoms with Gasteiger partial charge in [-0.2, -0.15) is 0 Å². The maximum absolute atomic E-state index is 12.6. The summed E-state index contributed by atoms with van der Waals surface area (Å²) >= 11 is 0. The lowest BCUT2D eigenvalue weighted by molar-refractivity contribution is -0.127. The van der Waals surface area contributed by atoms with Gasteiger partial charge in [0.15, 0.2) is 0 Å². The van der Waals surface area contributed by atoms with E-state index in [1.807, 2.05) is 0 Å². The first-order valence-corrected chi connectivity index (χ1v) is 8.12. The lowest BCUT2D eigenvalue weighted by Crippen LogP contribution is -2.53. The smallest absolute Gasteiger partial charge is 0.240 e. The molecule has 3 N–H and O–H groups in total. The fourth-order valence-corrected chi connectivity index (χ4v) is 3.90. The van der Waals surface area contributed by atoms with E-state index in [0.717, 1.165) is 38.5 Å². The van der Waals surface area contributed by atoms with Crippen LogP contribution in [0.3, 0.4) is 0 Å². The van der Waals surface area contributed by atoms with Gasteiger partial charge in [-0.3, -0.25) is 4.79 Å². The quantitative estimate of drug-likeness (QED) is 0.877. The number of fused-ring (bicyclic) bond motifs is 1. The lowest BCUT2D eigenvalue weighted by Gasteiger charge is -2.38. The van der Waals surface area contributed by atoms with Crippen LogP contribution in [-0.2, 0) is 10.2 Å². The minimum absolute atomic E-state index is 0.0412. The molecule has 0 saturated heterocycles. The molecule has 0 bridgehead atoms. The van der Waals surface area contributed by atoms with Crippen LogP contribution in [-0.4, -0.2) is 11.4 Å². The Labute approximate surface area is 127 Å². The summed E-state index contributed by atoms with van der Waals surface area (Å²) in [5.41, 5.74) is 8.46. The van der Waals surface area contributed by atoms with Crippen LogP contribution >= 0.6 is 0 Å². The molecule has 3 nitrogen and oxygen atoms in total. The van der Waals surface area contributed by atoms with Crippen molar-refractivity contribution in [2.45, 2.75) is 69.4 Å². The Balaban J connectivity index is 1.83. The molecule has 0 aliphatic heterocycles. The lowest BCUT2D eigenvalue weighted by atomic mass is 9.71. The second-order valence-corrected chi connectivity index (χ2v) is 7.40. The second kappa shape index (κ2) is 5.13. The highest BCUT2D eigenvalue weighted by Gasteiger charge is 2.40. The molecule has 1 aromatic carbocycles. The van der Waals surface area contributed by atoms with Crippen LogP contribution in [0.5, 0.6) is 0 Å². The monoisotopic (exact) mass is 286 g/mol. The van der Waals surface area contributed by atoms with E-state index in [1.54, 1.807) is 0 Å². The van der Waals surface area contributed by atoms with Gasteiger partial charge in [0.25, 0.3) is 0 Å². The average Bonchev–Trinajstić information content (AvgIpc) is 2.90. The number of amides is 1. The number of rotatable bonds is 2. The Morgan fingerprint density at radius 2 is 1.86 bits per heavy atom. The van der Waals surface area contributed by atoms with E-state index in [9.17, 15) is 4.79 Å². The first kappa shape index (κ1) is 14.6. The molecule has 2 aliphatic carbocycles. The van der Waals surface area contributed by atoms with Gasteiger partial charge in [-0.1, -0.05) is 51.0 Å². The van der Waals surface area contributed by atoms with Gasteiger partial charge in [-0.05, 0) is 42.2 Å². The maximum atomic E-state index is 12.6. The molecule has 0 radical (unpaired) electrons. The highest BCUT2D eigenvalue weighted by Crippen LogP contribution is 2.41. The molecule has 2 aliphatic rings. The van der Waals surface area contributed by atoms with E-state index in [1.165, 1.54) is 11.1 Å². The number of hydrogen-bond acceptors (Lipinski definition) is 2. The number of nitrogens with two attached hydrogens (primary N) is 1. The van der Waals surface area contributed by atoms with Crippen LogP contribution in [0, 0.1) is 0 Å². The Hall–Kier alpha value is -1.35. The van der Waals surface area contributed by atoms with Crippen molar-refractivity contribution in [3.63, 3.8) is 0 Å². The van der Waals surface area contributed by atoms with Crippen LogP contribution in [0.2, 0.25) is 0 Å². The maximum Gasteiger partial charge on any atom is 0.240 e. The first-order valence-electron chi connectivity index (χ1n) is 8.12. The van der Waals surface area contributed by atoms with E-state index in [-0.39, 0.29) is 17.4 Å². The molecular formula is C18H26N2O. The number of carbonyl (C=O) groups excluding carboxylic acids is 1. The Morgan fingerprint density at radius 1 is 1.19 bits per heavy atom. The van der Waals surface area contributed by atoms with Crippen molar-refractivity contribution in [3.05, 3.63) is 35.4 Å². The molecule has 21 heavy (non-hydrogen) atoms. The van der Waals surface area contributed by atoms with E-state index < -0.39 is 5.54 Å². The summed E-state index contributed by atoms with van der Waals surface area (Å²) in [6.07, 6.45) is 5.85. The van der Waals surface area contributed by atoms with Crippen LogP contribution < -0.4 is 11.1 Å². The molecule has 1 amide bonds. The van der Waals surface area contributed by atoms with Gasteiger partial charge in [0.1, 0.15) is 0 Å². The second-order valence-electron chi connectivity index (χ2n) is 7.40. The fourth-order valence-electron chi connectivity index (χ4n) is 3.90. The van der Waals surface area contributed by atoms with Crippen LogP contribution in [0.15, 0.2) is 24.3 Å². The molecule has 114 valence electrons. The minimum atomic E-state index is -0.637. The average molecular weight is 286 g/mol. The van der Waals surface area contributed by atoms with Crippen LogP contribution in [0.25, 0.3) is 0 Å². The Bertz CT molecular complexity index is 544. The van der Waals surface area contributed by atoms with E-state index in [2.05, 4.69) is 43.4 Å². The molecule has 1 unspecified atom stereocenters. The summed E-state index contributed by atoms with van der Waals surface area (Å²) in [6.45, 7) is 4.57. The highest BCUT2D eigenvalue weighted by molar-refractivity contribution is 5.86. The number of hydrogen-bond donors (Lipinski definition) is 2. The van der Waals surface area contributed by atoms with Gasteiger partial charge in [0, 0.05) is 0 Å². The van der Waals surface area contributed by atoms with Crippen molar-refractivity contribution in [2.75, 3.05) is 0 Å². The van der Waals surface area contributed by atoms with Crippen LogP contribution in [0.4, 0.5) is 0 Å². The zero-order valence-electron chi connectivity index (χ0n) is 13.1. The van der Waals surface area contributed by atoms with E-state index in [0.29, 0.717) is 0 Å².